The molecule has 1 N–H and O–H groups in total. The highest BCUT2D eigenvalue weighted by molar-refractivity contribution is 8.13. The average Bonchev–Trinajstić information content (AvgIpc) is 2.55. The van der Waals surface area contributed by atoms with E-state index in [-0.39, 0.29) is 0 Å². The molecule has 5 heteroatoms. The van der Waals surface area contributed by atoms with Gasteiger partial charge in [-0.15, -0.1) is 0 Å². The minimum Gasteiger partial charge on any atom is -0.335 e. The van der Waals surface area contributed by atoms with Gasteiger partial charge in [0.15, 0.2) is 5.17 Å². The molecule has 0 fully saturated rings. The maximum absolute atomic E-state index is 6.20. The minimum absolute atomic E-state index is 0.653. The van der Waals surface area contributed by atoms with Gasteiger partial charge in [-0.25, -0.2) is 4.99 Å². The number of nitrogens with one attached hydrogen (secondary N) is 1. The Morgan fingerprint density at radius 2 is 1.83 bits per heavy atom. The van der Waals surface area contributed by atoms with E-state index >= 15 is 0 Å². The first-order valence-corrected chi connectivity index (χ1v) is 9.66. The zero-order chi connectivity index (χ0) is 18.1. The van der Waals surface area contributed by atoms with Crippen molar-refractivity contribution in [1.29, 1.82) is 0 Å². The number of aryl methyl sites for hydroxylation is 1. The summed E-state index contributed by atoms with van der Waals surface area (Å²) >= 11 is 13.9. The van der Waals surface area contributed by atoms with Gasteiger partial charge in [0.2, 0.25) is 0 Å². The number of hydrogen-bond acceptors (Lipinski definition) is 2. The van der Waals surface area contributed by atoms with E-state index in [2.05, 4.69) is 29.4 Å². The standard InChI is InChI=1S/C19H24Cl2N2S/c1-6-18(21)17(15(4)20)12-9-14(3)22-19(24-5)23-16-10-7-13(2)8-11-16/h6-11H,12H2,1-5H3,(H,22,23)/b14-9+,17-15+,18-6+. The average molecular weight is 383 g/mol. The fourth-order valence-electron chi connectivity index (χ4n) is 1.92. The van der Waals surface area contributed by atoms with E-state index in [4.69, 9.17) is 23.2 Å². The number of hydrogen-bond donors (Lipinski definition) is 1. The summed E-state index contributed by atoms with van der Waals surface area (Å²) in [7, 11) is 0. The van der Waals surface area contributed by atoms with E-state index in [1.807, 2.05) is 51.3 Å². The highest BCUT2D eigenvalue weighted by Gasteiger charge is 2.04. The molecule has 0 spiro atoms. The molecule has 0 heterocycles. The molecule has 0 aliphatic heterocycles. The van der Waals surface area contributed by atoms with Crippen molar-refractivity contribution in [2.24, 2.45) is 4.99 Å². The summed E-state index contributed by atoms with van der Waals surface area (Å²) < 4.78 is 0. The summed E-state index contributed by atoms with van der Waals surface area (Å²) in [5, 5.41) is 5.55. The number of benzene rings is 1. The third-order valence-corrected chi connectivity index (χ3v) is 4.59. The second-order valence-electron chi connectivity index (χ2n) is 5.31. The van der Waals surface area contributed by atoms with Crippen molar-refractivity contribution in [2.75, 3.05) is 11.6 Å². The first-order valence-electron chi connectivity index (χ1n) is 7.68. The summed E-state index contributed by atoms with van der Waals surface area (Å²) in [5.41, 5.74) is 4.09. The topological polar surface area (TPSA) is 24.4 Å². The third-order valence-electron chi connectivity index (χ3n) is 3.33. The lowest BCUT2D eigenvalue weighted by atomic mass is 10.1. The van der Waals surface area contributed by atoms with E-state index in [1.54, 1.807) is 11.8 Å². The van der Waals surface area contributed by atoms with Crippen LogP contribution in [-0.2, 0) is 0 Å². The van der Waals surface area contributed by atoms with Gasteiger partial charge in [0.05, 0.1) is 0 Å². The van der Waals surface area contributed by atoms with Crippen molar-refractivity contribution in [2.45, 2.75) is 34.1 Å². The predicted molar refractivity (Wildman–Crippen MR) is 112 cm³/mol. The number of amidine groups is 1. The Kier molecular flexibility index (Phi) is 9.27. The Bertz CT molecular complexity index is 667. The van der Waals surface area contributed by atoms with Gasteiger partial charge < -0.3 is 5.32 Å². The quantitative estimate of drug-likeness (QED) is 0.334. The number of thioether (sulfide) groups is 1. The molecule has 0 saturated carbocycles. The minimum atomic E-state index is 0.653. The molecule has 0 radical (unpaired) electrons. The SMILES string of the molecule is C/C=C(Cl)\C(C/C=C(\C)N=C(Nc1ccc(C)cc1)SC)=C(/C)Cl. The molecular weight excluding hydrogens is 359 g/mol. The number of nitrogens with zero attached hydrogens (tertiary/aromatic N) is 1. The van der Waals surface area contributed by atoms with E-state index < -0.39 is 0 Å². The van der Waals surface area contributed by atoms with E-state index in [9.17, 15) is 0 Å². The van der Waals surface area contributed by atoms with Crippen molar-refractivity contribution in [3.8, 4) is 0 Å². The third kappa shape index (κ3) is 7.16. The summed E-state index contributed by atoms with van der Waals surface area (Å²) in [6.45, 7) is 7.79. The number of anilines is 1. The summed E-state index contributed by atoms with van der Waals surface area (Å²) in [5.74, 6) is 0. The van der Waals surface area contributed by atoms with E-state index in [0.29, 0.717) is 16.5 Å². The molecule has 0 aliphatic rings. The Hall–Kier alpha value is -1.16. The van der Waals surface area contributed by atoms with Gasteiger partial charge in [0, 0.05) is 21.4 Å². The van der Waals surface area contributed by atoms with Crippen LogP contribution in [-0.4, -0.2) is 11.4 Å². The zero-order valence-electron chi connectivity index (χ0n) is 14.8. The smallest absolute Gasteiger partial charge is 0.165 e. The molecule has 0 unspecified atom stereocenters. The first-order chi connectivity index (χ1) is 11.4. The maximum atomic E-state index is 6.20. The lowest BCUT2D eigenvalue weighted by Gasteiger charge is -2.09. The molecule has 0 atom stereocenters. The van der Waals surface area contributed by atoms with Gasteiger partial charge >= 0.3 is 0 Å². The Labute approximate surface area is 159 Å². The van der Waals surface area contributed by atoms with E-state index in [0.717, 1.165) is 22.1 Å². The molecule has 0 bridgehead atoms. The summed E-state index contributed by atoms with van der Waals surface area (Å²) in [4.78, 5) is 4.63. The van der Waals surface area contributed by atoms with Crippen LogP contribution in [0.25, 0.3) is 0 Å². The molecule has 0 saturated heterocycles. The molecule has 24 heavy (non-hydrogen) atoms. The zero-order valence-corrected chi connectivity index (χ0v) is 17.1. The van der Waals surface area contributed by atoms with Crippen molar-refractivity contribution < 1.29 is 0 Å². The molecule has 1 aromatic rings. The fourth-order valence-corrected chi connectivity index (χ4v) is 2.82. The highest BCUT2D eigenvalue weighted by atomic mass is 35.5. The second kappa shape index (κ2) is 10.7. The molecule has 130 valence electrons. The monoisotopic (exact) mass is 382 g/mol. The van der Waals surface area contributed by atoms with Crippen LogP contribution >= 0.6 is 35.0 Å². The van der Waals surface area contributed by atoms with E-state index in [1.165, 1.54) is 5.56 Å². The molecule has 0 amide bonds. The Morgan fingerprint density at radius 1 is 1.21 bits per heavy atom. The highest BCUT2D eigenvalue weighted by Crippen LogP contribution is 2.25. The van der Waals surface area contributed by atoms with Crippen molar-refractivity contribution in [3.63, 3.8) is 0 Å². The maximum Gasteiger partial charge on any atom is 0.165 e. The predicted octanol–water partition coefficient (Wildman–Crippen LogP) is 7.08. The van der Waals surface area contributed by atoms with Gasteiger partial charge in [-0.2, -0.15) is 0 Å². The lowest BCUT2D eigenvalue weighted by molar-refractivity contribution is 1.17. The fraction of sp³-hybridized carbons (Fsp3) is 0.316. The van der Waals surface area contributed by atoms with Gasteiger partial charge in [-0.1, -0.05) is 64.8 Å². The van der Waals surface area contributed by atoms with Gasteiger partial charge in [-0.05, 0) is 58.1 Å². The van der Waals surface area contributed by atoms with Crippen LogP contribution in [0.4, 0.5) is 5.69 Å². The van der Waals surface area contributed by atoms with Crippen LogP contribution in [0.1, 0.15) is 32.8 Å². The largest absolute Gasteiger partial charge is 0.335 e. The number of halogens is 2. The normalized spacial score (nSPS) is 14.5. The lowest BCUT2D eigenvalue weighted by Crippen LogP contribution is -2.07. The Balaban J connectivity index is 2.87. The molecule has 1 aromatic carbocycles. The van der Waals surface area contributed by atoms with Crippen LogP contribution in [0.2, 0.25) is 0 Å². The van der Waals surface area contributed by atoms with Crippen molar-refractivity contribution >= 4 is 45.8 Å². The van der Waals surface area contributed by atoms with Crippen LogP contribution in [0.3, 0.4) is 0 Å². The molecule has 0 aliphatic carbocycles. The van der Waals surface area contributed by atoms with Gasteiger partial charge in [-0.3, -0.25) is 0 Å². The number of allylic oxidation sites excluding steroid dienone is 6. The molecular formula is C19H24Cl2N2S. The van der Waals surface area contributed by atoms with Gasteiger partial charge in [0.1, 0.15) is 0 Å². The van der Waals surface area contributed by atoms with Crippen LogP contribution in [0, 0.1) is 6.92 Å². The van der Waals surface area contributed by atoms with Crippen LogP contribution in [0.15, 0.2) is 62.7 Å². The number of rotatable bonds is 5. The van der Waals surface area contributed by atoms with Crippen LogP contribution in [0.5, 0.6) is 0 Å². The second-order valence-corrected chi connectivity index (χ2v) is 7.08. The van der Waals surface area contributed by atoms with Gasteiger partial charge in [0.25, 0.3) is 0 Å². The Morgan fingerprint density at radius 3 is 2.33 bits per heavy atom. The van der Waals surface area contributed by atoms with Crippen molar-refractivity contribution in [1.82, 2.24) is 0 Å². The summed E-state index contributed by atoms with van der Waals surface area (Å²) in [6, 6.07) is 8.23. The first kappa shape index (κ1) is 20.9. The molecule has 1 rings (SSSR count). The summed E-state index contributed by atoms with van der Waals surface area (Å²) in [6.07, 6.45) is 6.53. The van der Waals surface area contributed by atoms with Crippen molar-refractivity contribution in [3.05, 3.63) is 63.3 Å². The number of aliphatic imine (C=N–C) groups is 1. The molecule has 2 nitrogen and oxygen atoms in total. The molecule has 0 aromatic heterocycles. The van der Waals surface area contributed by atoms with Crippen LogP contribution < -0.4 is 5.32 Å².